The fourth-order valence-electron chi connectivity index (χ4n) is 2.40. The van der Waals surface area contributed by atoms with Gasteiger partial charge in [-0.25, -0.2) is 4.98 Å². The normalized spacial score (nSPS) is 14.2. The van der Waals surface area contributed by atoms with Crippen molar-refractivity contribution in [2.24, 2.45) is 0 Å². The van der Waals surface area contributed by atoms with Crippen LogP contribution < -0.4 is 4.90 Å². The Labute approximate surface area is 119 Å². The van der Waals surface area contributed by atoms with Gasteiger partial charge in [-0.15, -0.1) is 10.2 Å². The maximum absolute atomic E-state index is 12.8. The number of nitrogens with zero attached hydrogens (tertiary/aromatic N) is 5. The molecule has 1 N–H and O–H groups in total. The summed E-state index contributed by atoms with van der Waals surface area (Å²) in [4.78, 5) is 7.81. The minimum Gasteiger partial charge on any atom is -0.335 e. The molecule has 1 aliphatic rings. The van der Waals surface area contributed by atoms with Gasteiger partial charge in [-0.3, -0.25) is 9.47 Å². The number of nitrogens with one attached hydrogen (secondary N) is 1. The molecule has 0 unspecified atom stereocenters. The van der Waals surface area contributed by atoms with Crippen LogP contribution in [0.4, 0.5) is 24.9 Å². The molecule has 0 aliphatic carbocycles. The van der Waals surface area contributed by atoms with Crippen molar-refractivity contribution >= 4 is 11.8 Å². The molecule has 114 valence electrons. The summed E-state index contributed by atoms with van der Waals surface area (Å²) in [6, 6.07) is 0. The van der Waals surface area contributed by atoms with Gasteiger partial charge < -0.3 is 4.98 Å². The first-order valence-electron chi connectivity index (χ1n) is 6.75. The van der Waals surface area contributed by atoms with E-state index in [2.05, 4.69) is 20.2 Å². The number of imidazole rings is 1. The number of hydrogen-bond acceptors (Lipinski definition) is 4. The van der Waals surface area contributed by atoms with Crippen molar-refractivity contribution in [3.8, 4) is 0 Å². The lowest BCUT2D eigenvalue weighted by atomic mass is 10.2. The zero-order chi connectivity index (χ0) is 15.2. The molecular formula is C12H15F3N6. The molecular weight excluding hydrogens is 285 g/mol. The maximum atomic E-state index is 12.8. The predicted octanol–water partition coefficient (Wildman–Crippen LogP) is 2.63. The molecule has 2 aromatic heterocycles. The third kappa shape index (κ3) is 2.26. The van der Waals surface area contributed by atoms with Crippen LogP contribution in [-0.2, 0) is 12.7 Å². The summed E-state index contributed by atoms with van der Waals surface area (Å²) in [7, 11) is 0. The minimum absolute atomic E-state index is 0.273. The van der Waals surface area contributed by atoms with Gasteiger partial charge >= 0.3 is 6.18 Å². The summed E-state index contributed by atoms with van der Waals surface area (Å²) in [6.45, 7) is 4.63. The maximum Gasteiger partial charge on any atom is 0.449 e. The molecule has 0 amide bonds. The zero-order valence-corrected chi connectivity index (χ0v) is 11.7. The molecule has 0 atom stereocenters. The van der Waals surface area contributed by atoms with E-state index in [-0.39, 0.29) is 6.54 Å². The Morgan fingerprint density at radius 2 is 2.05 bits per heavy atom. The number of anilines is 2. The number of unbranched alkanes of at least 4 members (excludes halogenated alkanes) is 1. The van der Waals surface area contributed by atoms with E-state index in [0.29, 0.717) is 29.8 Å². The number of aromatic amines is 1. The Balaban J connectivity index is 2.06. The van der Waals surface area contributed by atoms with Crippen LogP contribution in [0.25, 0.3) is 0 Å². The van der Waals surface area contributed by atoms with Crippen LogP contribution >= 0.6 is 0 Å². The van der Waals surface area contributed by atoms with E-state index in [4.69, 9.17) is 0 Å². The molecule has 6 nitrogen and oxygen atoms in total. The number of H-pyrrole nitrogens is 1. The minimum atomic E-state index is -4.48. The number of alkyl halides is 3. The summed E-state index contributed by atoms with van der Waals surface area (Å²) >= 11 is 0. The molecule has 3 heterocycles. The molecule has 0 saturated carbocycles. The summed E-state index contributed by atoms with van der Waals surface area (Å²) < 4.78 is 40.3. The molecule has 0 aromatic carbocycles. The van der Waals surface area contributed by atoms with Gasteiger partial charge in [0.05, 0.1) is 12.2 Å². The summed E-state index contributed by atoms with van der Waals surface area (Å²) in [6.07, 6.45) is -2.72. The summed E-state index contributed by atoms with van der Waals surface area (Å²) in [5.74, 6) is 0.551. The molecule has 0 saturated heterocycles. The molecule has 21 heavy (non-hydrogen) atoms. The van der Waals surface area contributed by atoms with E-state index in [9.17, 15) is 13.2 Å². The second-order valence-corrected chi connectivity index (χ2v) is 5.02. The van der Waals surface area contributed by atoms with Gasteiger partial charge in [0.15, 0.2) is 5.82 Å². The molecule has 0 bridgehead atoms. The Morgan fingerprint density at radius 1 is 1.29 bits per heavy atom. The van der Waals surface area contributed by atoms with Gasteiger partial charge in [0, 0.05) is 6.54 Å². The Hall–Kier alpha value is -2.06. The fraction of sp³-hybridized carbons (Fsp3) is 0.583. The third-order valence-electron chi connectivity index (χ3n) is 3.49. The van der Waals surface area contributed by atoms with Crippen LogP contribution in [-0.4, -0.2) is 31.3 Å². The highest BCUT2D eigenvalue weighted by atomic mass is 19.4. The Morgan fingerprint density at radius 3 is 2.71 bits per heavy atom. The molecule has 2 aromatic rings. The van der Waals surface area contributed by atoms with Crippen molar-refractivity contribution < 1.29 is 13.2 Å². The van der Waals surface area contributed by atoms with Crippen LogP contribution in [0.1, 0.15) is 37.1 Å². The standard InChI is InChI=1S/C12H15F3N6/c1-3-4-5-20-9-8(16-10(17-9)12(13,14)15)6-21-7(2)18-19-11(20)21/h3-6H2,1-2H3,(H,16,17). The highest BCUT2D eigenvalue weighted by Crippen LogP contribution is 2.36. The van der Waals surface area contributed by atoms with Gasteiger partial charge in [0.25, 0.3) is 0 Å². The van der Waals surface area contributed by atoms with Crippen molar-refractivity contribution in [3.05, 3.63) is 17.3 Å². The van der Waals surface area contributed by atoms with Gasteiger partial charge in [0.2, 0.25) is 11.8 Å². The quantitative estimate of drug-likeness (QED) is 0.946. The van der Waals surface area contributed by atoms with E-state index >= 15 is 0 Å². The average Bonchev–Trinajstić information content (AvgIpc) is 2.99. The van der Waals surface area contributed by atoms with Crippen molar-refractivity contribution in [1.29, 1.82) is 0 Å². The summed E-state index contributed by atoms with van der Waals surface area (Å²) in [5.41, 5.74) is 0.439. The molecule has 0 spiro atoms. The van der Waals surface area contributed by atoms with E-state index in [1.807, 2.05) is 6.92 Å². The van der Waals surface area contributed by atoms with Gasteiger partial charge in [-0.2, -0.15) is 13.2 Å². The van der Waals surface area contributed by atoms with Gasteiger partial charge in [-0.1, -0.05) is 13.3 Å². The van der Waals surface area contributed by atoms with Crippen LogP contribution in [0.15, 0.2) is 0 Å². The smallest absolute Gasteiger partial charge is 0.335 e. The monoisotopic (exact) mass is 300 g/mol. The molecule has 9 heteroatoms. The first-order valence-corrected chi connectivity index (χ1v) is 6.75. The largest absolute Gasteiger partial charge is 0.449 e. The Kier molecular flexibility index (Phi) is 3.14. The first kappa shape index (κ1) is 13.9. The molecule has 0 radical (unpaired) electrons. The SMILES string of the molecule is CCCCN1c2nc(C(F)(F)F)[nH]c2Cn2c(C)nnc21. The number of aromatic nitrogens is 5. The number of halogens is 3. The number of fused-ring (bicyclic) bond motifs is 2. The molecule has 3 rings (SSSR count). The highest BCUT2D eigenvalue weighted by molar-refractivity contribution is 5.59. The lowest BCUT2D eigenvalue weighted by Crippen LogP contribution is -2.28. The van der Waals surface area contributed by atoms with E-state index in [0.717, 1.165) is 12.8 Å². The zero-order valence-electron chi connectivity index (χ0n) is 11.7. The van der Waals surface area contributed by atoms with Gasteiger partial charge in [0.1, 0.15) is 5.82 Å². The highest BCUT2D eigenvalue weighted by Gasteiger charge is 2.38. The fourth-order valence-corrected chi connectivity index (χ4v) is 2.40. The predicted molar refractivity (Wildman–Crippen MR) is 69.4 cm³/mol. The lowest BCUT2D eigenvalue weighted by Gasteiger charge is -2.27. The molecule has 1 aliphatic heterocycles. The van der Waals surface area contributed by atoms with Gasteiger partial charge in [-0.05, 0) is 13.3 Å². The second kappa shape index (κ2) is 4.74. The van der Waals surface area contributed by atoms with E-state index in [1.54, 1.807) is 16.4 Å². The third-order valence-corrected chi connectivity index (χ3v) is 3.49. The van der Waals surface area contributed by atoms with Crippen LogP contribution in [0.2, 0.25) is 0 Å². The van der Waals surface area contributed by atoms with E-state index < -0.39 is 12.0 Å². The van der Waals surface area contributed by atoms with Crippen molar-refractivity contribution in [1.82, 2.24) is 24.7 Å². The summed E-state index contributed by atoms with van der Waals surface area (Å²) in [5, 5.41) is 8.06. The molecule has 0 fully saturated rings. The van der Waals surface area contributed by atoms with Crippen LogP contribution in [0.3, 0.4) is 0 Å². The number of hydrogen-bond donors (Lipinski definition) is 1. The first-order chi connectivity index (χ1) is 9.91. The van der Waals surface area contributed by atoms with E-state index in [1.165, 1.54) is 0 Å². The van der Waals surface area contributed by atoms with Crippen LogP contribution in [0, 0.1) is 6.92 Å². The van der Waals surface area contributed by atoms with Crippen molar-refractivity contribution in [3.63, 3.8) is 0 Å². The lowest BCUT2D eigenvalue weighted by molar-refractivity contribution is -0.144. The topological polar surface area (TPSA) is 62.6 Å². The number of aryl methyl sites for hydroxylation is 1. The van der Waals surface area contributed by atoms with Crippen LogP contribution in [0.5, 0.6) is 0 Å². The van der Waals surface area contributed by atoms with Crippen molar-refractivity contribution in [2.45, 2.75) is 39.4 Å². The average molecular weight is 300 g/mol. The second-order valence-electron chi connectivity index (χ2n) is 5.02. The number of rotatable bonds is 3. The van der Waals surface area contributed by atoms with Crippen molar-refractivity contribution in [2.75, 3.05) is 11.4 Å². The Bertz CT molecular complexity index is 656.